The van der Waals surface area contributed by atoms with Crippen molar-refractivity contribution in [3.63, 3.8) is 0 Å². The van der Waals surface area contributed by atoms with Crippen molar-refractivity contribution in [1.29, 1.82) is 0 Å². The van der Waals surface area contributed by atoms with Gasteiger partial charge in [0.05, 0.1) is 0 Å². The standard InChI is InChI=1S/C16H16N8O2/c1-11-21-24(16(26)20-14-8-4-6-10-18-14)12(2)22-23(11)15(25)19-13-7-3-5-9-17-13/h3-10H,1-2H3,(H,17,19,25)(H,18,20,26). The van der Waals surface area contributed by atoms with E-state index >= 15 is 0 Å². The number of nitrogens with one attached hydrogen (secondary N) is 2. The fourth-order valence-electron chi connectivity index (χ4n) is 2.10. The first-order valence-electron chi connectivity index (χ1n) is 7.69. The number of carbonyl (C=O) groups excluding carboxylic acids is 2. The smallest absolute Gasteiger partial charge is 0.290 e. The van der Waals surface area contributed by atoms with Gasteiger partial charge in [-0.05, 0) is 38.1 Å². The number of carbonyl (C=O) groups is 2. The van der Waals surface area contributed by atoms with E-state index in [4.69, 9.17) is 0 Å². The number of pyridine rings is 2. The van der Waals surface area contributed by atoms with Crippen LogP contribution in [0.4, 0.5) is 21.2 Å². The molecular weight excluding hydrogens is 336 g/mol. The molecule has 2 aromatic heterocycles. The van der Waals surface area contributed by atoms with Crippen molar-refractivity contribution in [2.24, 2.45) is 10.2 Å². The molecule has 3 rings (SSSR count). The van der Waals surface area contributed by atoms with E-state index < -0.39 is 12.1 Å². The Balaban J connectivity index is 1.71. The Morgan fingerprint density at radius 3 is 1.54 bits per heavy atom. The third-order valence-electron chi connectivity index (χ3n) is 3.29. The van der Waals surface area contributed by atoms with E-state index in [9.17, 15) is 9.59 Å². The number of rotatable bonds is 2. The van der Waals surface area contributed by atoms with Gasteiger partial charge in [-0.2, -0.15) is 10.0 Å². The van der Waals surface area contributed by atoms with Gasteiger partial charge in [-0.15, -0.1) is 10.2 Å². The quantitative estimate of drug-likeness (QED) is 0.864. The molecule has 10 heteroatoms. The third-order valence-corrected chi connectivity index (χ3v) is 3.29. The number of hydrogen-bond acceptors (Lipinski definition) is 6. The predicted molar refractivity (Wildman–Crippen MR) is 96.4 cm³/mol. The highest BCUT2D eigenvalue weighted by Crippen LogP contribution is 2.12. The molecule has 0 saturated heterocycles. The van der Waals surface area contributed by atoms with E-state index in [1.54, 1.807) is 62.6 Å². The van der Waals surface area contributed by atoms with E-state index in [0.717, 1.165) is 10.0 Å². The zero-order chi connectivity index (χ0) is 18.5. The maximum Gasteiger partial charge on any atom is 0.349 e. The molecular formula is C16H16N8O2. The monoisotopic (exact) mass is 352 g/mol. The zero-order valence-electron chi connectivity index (χ0n) is 14.1. The van der Waals surface area contributed by atoms with Crippen molar-refractivity contribution in [3.8, 4) is 0 Å². The van der Waals surface area contributed by atoms with Crippen LogP contribution >= 0.6 is 0 Å². The van der Waals surface area contributed by atoms with Gasteiger partial charge >= 0.3 is 12.1 Å². The highest BCUT2D eigenvalue weighted by molar-refractivity contribution is 6.08. The topological polar surface area (TPSA) is 115 Å². The van der Waals surface area contributed by atoms with Crippen molar-refractivity contribution in [2.45, 2.75) is 13.8 Å². The first-order valence-corrected chi connectivity index (χ1v) is 7.69. The van der Waals surface area contributed by atoms with Gasteiger partial charge in [0, 0.05) is 12.4 Å². The Bertz CT molecular complexity index is 793. The number of anilines is 2. The van der Waals surface area contributed by atoms with Crippen LogP contribution in [0.1, 0.15) is 13.8 Å². The Labute approximate surface area is 149 Å². The average Bonchev–Trinajstić information content (AvgIpc) is 2.64. The first-order chi connectivity index (χ1) is 12.5. The molecule has 1 aliphatic heterocycles. The summed E-state index contributed by atoms with van der Waals surface area (Å²) in [7, 11) is 0. The van der Waals surface area contributed by atoms with Crippen LogP contribution in [0.2, 0.25) is 0 Å². The van der Waals surface area contributed by atoms with E-state index in [-0.39, 0.29) is 11.7 Å². The normalized spacial score (nSPS) is 13.6. The fraction of sp³-hybridized carbons (Fsp3) is 0.125. The summed E-state index contributed by atoms with van der Waals surface area (Å²) in [6.07, 6.45) is 3.12. The van der Waals surface area contributed by atoms with Crippen molar-refractivity contribution in [2.75, 3.05) is 10.6 Å². The van der Waals surface area contributed by atoms with E-state index in [0.29, 0.717) is 11.6 Å². The number of urea groups is 2. The molecule has 0 atom stereocenters. The molecule has 2 N–H and O–H groups in total. The van der Waals surface area contributed by atoms with E-state index in [1.807, 2.05) is 0 Å². The lowest BCUT2D eigenvalue weighted by atomic mass is 10.4. The van der Waals surface area contributed by atoms with Crippen molar-refractivity contribution in [1.82, 2.24) is 20.0 Å². The van der Waals surface area contributed by atoms with Gasteiger partial charge < -0.3 is 0 Å². The predicted octanol–water partition coefficient (Wildman–Crippen LogP) is 2.53. The molecule has 26 heavy (non-hydrogen) atoms. The van der Waals surface area contributed by atoms with Crippen LogP contribution in [0.3, 0.4) is 0 Å². The van der Waals surface area contributed by atoms with Gasteiger partial charge in [0.2, 0.25) is 0 Å². The lowest BCUT2D eigenvalue weighted by molar-refractivity contribution is 0.223. The minimum absolute atomic E-state index is 0.222. The van der Waals surface area contributed by atoms with Crippen LogP contribution in [-0.4, -0.2) is 43.7 Å². The van der Waals surface area contributed by atoms with Gasteiger partial charge in [0.1, 0.15) is 11.6 Å². The average molecular weight is 352 g/mol. The minimum Gasteiger partial charge on any atom is -0.290 e. The maximum absolute atomic E-state index is 12.3. The Hall–Kier alpha value is -3.82. The highest BCUT2D eigenvalue weighted by Gasteiger charge is 2.27. The molecule has 1 aliphatic rings. The Morgan fingerprint density at radius 2 is 1.19 bits per heavy atom. The van der Waals surface area contributed by atoms with Crippen molar-refractivity contribution >= 4 is 35.4 Å². The second kappa shape index (κ2) is 7.38. The minimum atomic E-state index is -0.533. The lowest BCUT2D eigenvalue weighted by Crippen LogP contribution is -2.45. The van der Waals surface area contributed by atoms with Crippen LogP contribution in [0.5, 0.6) is 0 Å². The molecule has 0 unspecified atom stereocenters. The van der Waals surface area contributed by atoms with Gasteiger partial charge in [0.25, 0.3) is 0 Å². The maximum atomic E-state index is 12.3. The summed E-state index contributed by atoms with van der Waals surface area (Å²) in [5.74, 6) is 1.21. The lowest BCUT2D eigenvalue weighted by Gasteiger charge is -2.27. The van der Waals surface area contributed by atoms with Gasteiger partial charge in [-0.25, -0.2) is 19.6 Å². The second-order valence-corrected chi connectivity index (χ2v) is 5.21. The number of hydrazone groups is 2. The molecule has 0 radical (unpaired) electrons. The second-order valence-electron chi connectivity index (χ2n) is 5.21. The highest BCUT2D eigenvalue weighted by atomic mass is 16.2. The molecule has 3 heterocycles. The van der Waals surface area contributed by atoms with Gasteiger partial charge in [0.15, 0.2) is 11.7 Å². The summed E-state index contributed by atoms with van der Waals surface area (Å²) in [5, 5.41) is 15.6. The Kier molecular flexibility index (Phi) is 4.83. The SMILES string of the molecule is CC1=NN(C(=O)Nc2ccccn2)C(C)=NN1C(=O)Nc1ccccn1. The molecule has 0 aliphatic carbocycles. The summed E-state index contributed by atoms with van der Waals surface area (Å²) in [6, 6.07) is 9.21. The molecule has 4 amide bonds. The van der Waals surface area contributed by atoms with Crippen LogP contribution in [0, 0.1) is 0 Å². The van der Waals surface area contributed by atoms with Crippen LogP contribution in [0.15, 0.2) is 59.0 Å². The summed E-state index contributed by atoms with van der Waals surface area (Å²) >= 11 is 0. The Morgan fingerprint density at radius 1 is 0.769 bits per heavy atom. The summed E-state index contributed by atoms with van der Waals surface area (Å²) in [5.41, 5.74) is 0. The fourth-order valence-corrected chi connectivity index (χ4v) is 2.10. The number of amides is 4. The number of aromatic nitrogens is 2. The molecule has 0 spiro atoms. The number of nitrogens with zero attached hydrogens (tertiary/aromatic N) is 6. The van der Waals surface area contributed by atoms with Crippen LogP contribution in [0.25, 0.3) is 0 Å². The molecule has 132 valence electrons. The molecule has 0 aromatic carbocycles. The molecule has 10 nitrogen and oxygen atoms in total. The van der Waals surface area contributed by atoms with E-state index in [2.05, 4.69) is 30.8 Å². The molecule has 0 fully saturated rings. The first kappa shape index (κ1) is 17.0. The molecule has 0 saturated carbocycles. The van der Waals surface area contributed by atoms with Gasteiger partial charge in [-0.1, -0.05) is 12.1 Å². The summed E-state index contributed by atoms with van der Waals surface area (Å²) in [4.78, 5) is 32.7. The summed E-state index contributed by atoms with van der Waals surface area (Å²) in [6.45, 7) is 3.13. The van der Waals surface area contributed by atoms with Crippen LogP contribution < -0.4 is 10.6 Å². The molecule has 0 bridgehead atoms. The summed E-state index contributed by atoms with van der Waals surface area (Å²) < 4.78 is 0. The number of hydrogen-bond donors (Lipinski definition) is 2. The third kappa shape index (κ3) is 3.80. The van der Waals surface area contributed by atoms with Crippen LogP contribution in [-0.2, 0) is 0 Å². The zero-order valence-corrected chi connectivity index (χ0v) is 14.1. The van der Waals surface area contributed by atoms with Crippen molar-refractivity contribution in [3.05, 3.63) is 48.8 Å². The van der Waals surface area contributed by atoms with E-state index in [1.165, 1.54) is 0 Å². The van der Waals surface area contributed by atoms with Gasteiger partial charge in [-0.3, -0.25) is 10.6 Å². The largest absolute Gasteiger partial charge is 0.349 e. The van der Waals surface area contributed by atoms with Crippen molar-refractivity contribution < 1.29 is 9.59 Å². The number of amidine groups is 2. The molecule has 2 aromatic rings.